The van der Waals surface area contributed by atoms with Gasteiger partial charge < -0.3 is 5.32 Å². The second kappa shape index (κ2) is 5.61. The van der Waals surface area contributed by atoms with Crippen molar-refractivity contribution in [1.82, 2.24) is 4.98 Å². The van der Waals surface area contributed by atoms with Crippen molar-refractivity contribution in [1.29, 1.82) is 0 Å². The zero-order chi connectivity index (χ0) is 14.9. The van der Waals surface area contributed by atoms with E-state index in [0.717, 1.165) is 21.6 Å². The molecule has 0 unspecified atom stereocenters. The van der Waals surface area contributed by atoms with Crippen LogP contribution in [0.15, 0.2) is 18.2 Å². The third kappa shape index (κ3) is 3.43. The van der Waals surface area contributed by atoms with Crippen LogP contribution in [-0.4, -0.2) is 4.98 Å². The van der Waals surface area contributed by atoms with Crippen molar-refractivity contribution in [3.8, 4) is 0 Å². The van der Waals surface area contributed by atoms with Gasteiger partial charge in [0.2, 0.25) is 0 Å². The Morgan fingerprint density at radius 3 is 2.55 bits per heavy atom. The molecule has 0 atom stereocenters. The molecule has 1 heterocycles. The Morgan fingerprint density at radius 2 is 2.00 bits per heavy atom. The van der Waals surface area contributed by atoms with Crippen LogP contribution in [0.4, 0.5) is 18.9 Å². The number of alkyl halides is 3. The fourth-order valence-electron chi connectivity index (χ4n) is 1.69. The summed E-state index contributed by atoms with van der Waals surface area (Å²) in [7, 11) is 0. The fraction of sp³-hybridized carbons (Fsp3) is 0.308. The predicted molar refractivity (Wildman–Crippen MR) is 75.4 cm³/mol. The zero-order valence-corrected chi connectivity index (χ0v) is 12.4. The maximum atomic E-state index is 12.9. The summed E-state index contributed by atoms with van der Waals surface area (Å²) in [6.07, 6.45) is -4.44. The van der Waals surface area contributed by atoms with E-state index in [0.29, 0.717) is 0 Å². The highest BCUT2D eigenvalue weighted by atomic mass is 35.5. The number of benzene rings is 1. The molecule has 0 spiro atoms. The first-order valence-corrected chi connectivity index (χ1v) is 7.00. The number of aromatic nitrogens is 1. The first kappa shape index (κ1) is 15.1. The van der Waals surface area contributed by atoms with Crippen molar-refractivity contribution in [2.45, 2.75) is 26.6 Å². The molecule has 20 heavy (non-hydrogen) atoms. The summed E-state index contributed by atoms with van der Waals surface area (Å²) in [5, 5.41) is 3.59. The lowest BCUT2D eigenvalue weighted by molar-refractivity contribution is -0.136. The van der Waals surface area contributed by atoms with E-state index in [2.05, 4.69) is 10.3 Å². The van der Waals surface area contributed by atoms with Gasteiger partial charge in [-0.1, -0.05) is 11.6 Å². The van der Waals surface area contributed by atoms with E-state index in [1.165, 1.54) is 23.5 Å². The predicted octanol–water partition coefficient (Wildman–Crippen LogP) is 5.04. The molecule has 7 heteroatoms. The normalized spacial score (nSPS) is 11.7. The highest BCUT2D eigenvalue weighted by molar-refractivity contribution is 7.11. The Kier molecular flexibility index (Phi) is 4.25. The van der Waals surface area contributed by atoms with E-state index < -0.39 is 11.7 Å². The summed E-state index contributed by atoms with van der Waals surface area (Å²) in [5.41, 5.74) is 0.140. The molecule has 0 aliphatic heterocycles. The Labute approximate surface area is 123 Å². The minimum absolute atomic E-state index is 0.00686. The summed E-state index contributed by atoms with van der Waals surface area (Å²) >= 11 is 7.10. The Bertz CT molecular complexity index is 603. The molecule has 0 fully saturated rings. The van der Waals surface area contributed by atoms with E-state index in [9.17, 15) is 13.2 Å². The van der Waals surface area contributed by atoms with E-state index in [4.69, 9.17) is 11.6 Å². The van der Waals surface area contributed by atoms with Crippen LogP contribution in [-0.2, 0) is 12.7 Å². The van der Waals surface area contributed by atoms with Gasteiger partial charge in [-0.05, 0) is 32.0 Å². The average Bonchev–Trinajstić information content (AvgIpc) is 2.66. The van der Waals surface area contributed by atoms with Crippen molar-refractivity contribution in [3.05, 3.63) is 44.4 Å². The number of thiazole rings is 1. The van der Waals surface area contributed by atoms with Crippen LogP contribution in [0.2, 0.25) is 5.02 Å². The average molecular weight is 321 g/mol. The zero-order valence-electron chi connectivity index (χ0n) is 10.8. The maximum Gasteiger partial charge on any atom is 0.418 e. The molecule has 2 rings (SSSR count). The minimum Gasteiger partial charge on any atom is -0.378 e. The molecule has 2 nitrogen and oxygen atoms in total. The second-order valence-corrected chi connectivity index (χ2v) is 6.01. The molecule has 1 N–H and O–H groups in total. The third-order valence-corrected chi connectivity index (χ3v) is 4.10. The molecule has 0 saturated carbocycles. The highest BCUT2D eigenvalue weighted by Crippen LogP contribution is 2.36. The molecule has 1 aromatic heterocycles. The lowest BCUT2D eigenvalue weighted by Gasteiger charge is -2.14. The van der Waals surface area contributed by atoms with Gasteiger partial charge in [0.15, 0.2) is 0 Å². The van der Waals surface area contributed by atoms with E-state index in [1.54, 1.807) is 0 Å². The van der Waals surface area contributed by atoms with Gasteiger partial charge in [-0.15, -0.1) is 11.3 Å². The monoisotopic (exact) mass is 320 g/mol. The summed E-state index contributed by atoms with van der Waals surface area (Å²) in [6.45, 7) is 4.06. The van der Waals surface area contributed by atoms with E-state index in [1.807, 2.05) is 13.8 Å². The van der Waals surface area contributed by atoms with Crippen molar-refractivity contribution in [3.63, 3.8) is 0 Å². The van der Waals surface area contributed by atoms with Crippen molar-refractivity contribution < 1.29 is 13.2 Å². The Hall–Kier alpha value is -1.27. The highest BCUT2D eigenvalue weighted by Gasteiger charge is 2.33. The fourth-order valence-corrected chi connectivity index (χ4v) is 2.74. The van der Waals surface area contributed by atoms with Crippen LogP contribution in [0.25, 0.3) is 0 Å². The molecule has 0 amide bonds. The lowest BCUT2D eigenvalue weighted by atomic mass is 10.1. The minimum atomic E-state index is -4.44. The smallest absolute Gasteiger partial charge is 0.378 e. The standard InChI is InChI=1S/C13H12ClF3N2S/c1-7-8(2)20-12(19-7)6-18-11-4-3-9(14)5-10(11)13(15,16)17/h3-5,18H,6H2,1-2H3. The van der Waals surface area contributed by atoms with Gasteiger partial charge in [-0.2, -0.15) is 13.2 Å². The van der Waals surface area contributed by atoms with Gasteiger partial charge in [0.25, 0.3) is 0 Å². The topological polar surface area (TPSA) is 24.9 Å². The number of nitrogens with zero attached hydrogens (tertiary/aromatic N) is 1. The quantitative estimate of drug-likeness (QED) is 0.856. The number of rotatable bonds is 3. The first-order valence-electron chi connectivity index (χ1n) is 5.81. The number of nitrogens with one attached hydrogen (secondary N) is 1. The largest absolute Gasteiger partial charge is 0.418 e. The van der Waals surface area contributed by atoms with E-state index >= 15 is 0 Å². The number of halogens is 4. The van der Waals surface area contributed by atoms with Crippen molar-refractivity contribution in [2.75, 3.05) is 5.32 Å². The molecule has 0 aliphatic carbocycles. The maximum absolute atomic E-state index is 12.9. The van der Waals surface area contributed by atoms with Crippen LogP contribution in [0.3, 0.4) is 0 Å². The van der Waals surface area contributed by atoms with Gasteiger partial charge >= 0.3 is 6.18 Å². The Balaban J connectivity index is 2.21. The van der Waals surface area contributed by atoms with Gasteiger partial charge in [0.05, 0.1) is 17.8 Å². The Morgan fingerprint density at radius 1 is 1.30 bits per heavy atom. The third-order valence-electron chi connectivity index (χ3n) is 2.79. The van der Waals surface area contributed by atoms with Crippen LogP contribution < -0.4 is 5.32 Å². The number of hydrogen-bond donors (Lipinski definition) is 1. The molecule has 0 saturated heterocycles. The first-order chi connectivity index (χ1) is 9.27. The van der Waals surface area contributed by atoms with Crippen LogP contribution in [0.1, 0.15) is 21.1 Å². The molecule has 0 bridgehead atoms. The number of anilines is 1. The summed E-state index contributed by atoms with van der Waals surface area (Å²) < 4.78 is 38.7. The summed E-state index contributed by atoms with van der Waals surface area (Å²) in [6, 6.07) is 3.68. The van der Waals surface area contributed by atoms with Crippen molar-refractivity contribution >= 4 is 28.6 Å². The molecule has 0 radical (unpaired) electrons. The number of hydrogen-bond acceptors (Lipinski definition) is 3. The molecule has 0 aliphatic rings. The van der Waals surface area contributed by atoms with Gasteiger partial charge in [0, 0.05) is 15.6 Å². The molecule has 1 aromatic carbocycles. The lowest BCUT2D eigenvalue weighted by Crippen LogP contribution is -2.10. The molecule has 2 aromatic rings. The molecular formula is C13H12ClF3N2S. The number of aryl methyl sites for hydroxylation is 2. The van der Waals surface area contributed by atoms with Crippen molar-refractivity contribution in [2.24, 2.45) is 0 Å². The van der Waals surface area contributed by atoms with Gasteiger partial charge in [-0.25, -0.2) is 4.98 Å². The van der Waals surface area contributed by atoms with Gasteiger partial charge in [0.1, 0.15) is 5.01 Å². The SMILES string of the molecule is Cc1nc(CNc2ccc(Cl)cc2C(F)(F)F)sc1C. The second-order valence-electron chi connectivity index (χ2n) is 4.29. The van der Waals surface area contributed by atoms with Gasteiger partial charge in [-0.3, -0.25) is 0 Å². The van der Waals surface area contributed by atoms with Crippen LogP contribution >= 0.6 is 22.9 Å². The van der Waals surface area contributed by atoms with Crippen LogP contribution in [0.5, 0.6) is 0 Å². The summed E-state index contributed by atoms with van der Waals surface area (Å²) in [5.74, 6) is 0. The summed E-state index contributed by atoms with van der Waals surface area (Å²) in [4.78, 5) is 5.35. The van der Waals surface area contributed by atoms with E-state index in [-0.39, 0.29) is 17.3 Å². The molecule has 108 valence electrons. The molecular weight excluding hydrogens is 309 g/mol. The van der Waals surface area contributed by atoms with Crippen LogP contribution in [0, 0.1) is 13.8 Å².